The van der Waals surface area contributed by atoms with Crippen LogP contribution in [-0.4, -0.2) is 49.4 Å². The van der Waals surface area contributed by atoms with Gasteiger partial charge in [-0.25, -0.2) is 0 Å². The zero-order valence-corrected chi connectivity index (χ0v) is 9.83. The van der Waals surface area contributed by atoms with E-state index in [4.69, 9.17) is 22.7 Å². The van der Waals surface area contributed by atoms with Gasteiger partial charge in [0.2, 0.25) is 0 Å². The third kappa shape index (κ3) is 6.37. The summed E-state index contributed by atoms with van der Waals surface area (Å²) in [6.07, 6.45) is 1.08. The number of nitrogens with one attached hydrogen (secondary N) is 1. The molecular weight excluding hydrogens is 222 g/mol. The summed E-state index contributed by atoms with van der Waals surface area (Å²) < 4.78 is 5.25. The molecule has 0 aromatic carbocycles. The standard InChI is InChI=1S/C8H17N3OS.ClH/c9-8(13)10-2-1-3-11-4-6-12-7-5-11;/h1-7H2,(H3,9,10,13);1H. The van der Waals surface area contributed by atoms with Gasteiger partial charge in [-0.3, -0.25) is 4.90 Å². The molecule has 1 rings (SSSR count). The molecule has 0 bridgehead atoms. The number of ether oxygens (including phenoxy) is 1. The van der Waals surface area contributed by atoms with Gasteiger partial charge in [-0.2, -0.15) is 0 Å². The van der Waals surface area contributed by atoms with Crippen molar-refractivity contribution >= 4 is 29.7 Å². The van der Waals surface area contributed by atoms with Gasteiger partial charge in [-0.05, 0) is 25.2 Å². The Morgan fingerprint density at radius 1 is 1.43 bits per heavy atom. The molecule has 84 valence electrons. The summed E-state index contributed by atoms with van der Waals surface area (Å²) >= 11 is 4.70. The number of hydrogen-bond donors (Lipinski definition) is 2. The van der Waals surface area contributed by atoms with Crippen molar-refractivity contribution in [3.63, 3.8) is 0 Å². The van der Waals surface area contributed by atoms with Crippen molar-refractivity contribution in [3.05, 3.63) is 0 Å². The number of morpholine rings is 1. The van der Waals surface area contributed by atoms with Crippen molar-refractivity contribution < 1.29 is 4.74 Å². The molecule has 0 atom stereocenters. The Labute approximate surface area is 96.6 Å². The lowest BCUT2D eigenvalue weighted by Gasteiger charge is -2.26. The second kappa shape index (κ2) is 8.23. The highest BCUT2D eigenvalue weighted by Crippen LogP contribution is 1.96. The molecule has 0 saturated carbocycles. The molecule has 6 heteroatoms. The van der Waals surface area contributed by atoms with E-state index in [-0.39, 0.29) is 12.4 Å². The SMILES string of the molecule is Cl.NC(=S)NCCCN1CCOCC1. The van der Waals surface area contributed by atoms with E-state index >= 15 is 0 Å². The molecule has 1 aliphatic rings. The highest BCUT2D eigenvalue weighted by Gasteiger charge is 2.08. The number of nitrogens with two attached hydrogens (primary N) is 1. The molecule has 1 heterocycles. The van der Waals surface area contributed by atoms with Crippen LogP contribution in [0.15, 0.2) is 0 Å². The lowest BCUT2D eigenvalue weighted by Crippen LogP contribution is -2.38. The van der Waals surface area contributed by atoms with Crippen LogP contribution in [0, 0.1) is 0 Å². The normalized spacial score (nSPS) is 17.1. The minimum atomic E-state index is 0. The van der Waals surface area contributed by atoms with Gasteiger partial charge in [0.05, 0.1) is 13.2 Å². The van der Waals surface area contributed by atoms with Crippen LogP contribution in [-0.2, 0) is 4.74 Å². The molecule has 0 radical (unpaired) electrons. The maximum Gasteiger partial charge on any atom is 0.163 e. The van der Waals surface area contributed by atoms with E-state index in [2.05, 4.69) is 10.2 Å². The topological polar surface area (TPSA) is 50.5 Å². The molecule has 0 aromatic heterocycles. The first-order chi connectivity index (χ1) is 6.29. The van der Waals surface area contributed by atoms with Gasteiger partial charge in [0.25, 0.3) is 0 Å². The van der Waals surface area contributed by atoms with Crippen LogP contribution in [0.4, 0.5) is 0 Å². The Morgan fingerprint density at radius 3 is 2.64 bits per heavy atom. The largest absolute Gasteiger partial charge is 0.379 e. The molecule has 1 aliphatic heterocycles. The second-order valence-corrected chi connectivity index (χ2v) is 3.54. The Balaban J connectivity index is 0.00000169. The Morgan fingerprint density at radius 2 is 2.07 bits per heavy atom. The van der Waals surface area contributed by atoms with E-state index in [0.717, 1.165) is 45.8 Å². The molecule has 3 N–H and O–H groups in total. The van der Waals surface area contributed by atoms with Gasteiger partial charge >= 0.3 is 0 Å². The Kier molecular flexibility index (Phi) is 8.17. The summed E-state index contributed by atoms with van der Waals surface area (Å²) in [5, 5.41) is 3.33. The van der Waals surface area contributed by atoms with E-state index in [9.17, 15) is 0 Å². The third-order valence-electron chi connectivity index (χ3n) is 2.05. The van der Waals surface area contributed by atoms with Gasteiger partial charge in [0.1, 0.15) is 0 Å². The summed E-state index contributed by atoms with van der Waals surface area (Å²) in [6.45, 7) is 5.79. The fourth-order valence-corrected chi connectivity index (χ4v) is 1.44. The van der Waals surface area contributed by atoms with Crippen molar-refractivity contribution in [1.82, 2.24) is 10.2 Å². The van der Waals surface area contributed by atoms with Crippen molar-refractivity contribution in [1.29, 1.82) is 0 Å². The molecular formula is C8H18ClN3OS. The number of rotatable bonds is 4. The van der Waals surface area contributed by atoms with Crippen molar-refractivity contribution in [2.45, 2.75) is 6.42 Å². The van der Waals surface area contributed by atoms with Crippen LogP contribution in [0.5, 0.6) is 0 Å². The van der Waals surface area contributed by atoms with Crippen molar-refractivity contribution in [2.75, 3.05) is 39.4 Å². The number of hydrogen-bond acceptors (Lipinski definition) is 3. The summed E-state index contributed by atoms with van der Waals surface area (Å²) in [5.74, 6) is 0. The van der Waals surface area contributed by atoms with Crippen LogP contribution in [0.3, 0.4) is 0 Å². The molecule has 0 amide bonds. The highest BCUT2D eigenvalue weighted by molar-refractivity contribution is 7.80. The maximum atomic E-state index is 5.30. The van der Waals surface area contributed by atoms with Gasteiger partial charge in [-0.15, -0.1) is 12.4 Å². The van der Waals surface area contributed by atoms with E-state index in [1.165, 1.54) is 0 Å². The van der Waals surface area contributed by atoms with E-state index < -0.39 is 0 Å². The van der Waals surface area contributed by atoms with Crippen LogP contribution in [0.25, 0.3) is 0 Å². The summed E-state index contributed by atoms with van der Waals surface area (Å²) in [4.78, 5) is 2.39. The van der Waals surface area contributed by atoms with Crippen LogP contribution in [0.2, 0.25) is 0 Å². The van der Waals surface area contributed by atoms with Gasteiger partial charge < -0.3 is 15.8 Å². The van der Waals surface area contributed by atoms with Gasteiger partial charge in [0.15, 0.2) is 5.11 Å². The summed E-state index contributed by atoms with van der Waals surface area (Å²) in [7, 11) is 0. The summed E-state index contributed by atoms with van der Waals surface area (Å²) in [5.41, 5.74) is 5.30. The maximum absolute atomic E-state index is 5.30. The first kappa shape index (κ1) is 13.9. The van der Waals surface area contributed by atoms with Crippen LogP contribution < -0.4 is 11.1 Å². The van der Waals surface area contributed by atoms with Crippen molar-refractivity contribution in [2.24, 2.45) is 5.73 Å². The highest BCUT2D eigenvalue weighted by atomic mass is 35.5. The minimum absolute atomic E-state index is 0. The quantitative estimate of drug-likeness (QED) is 0.533. The predicted octanol–water partition coefficient (Wildman–Crippen LogP) is -0.0363. The van der Waals surface area contributed by atoms with Gasteiger partial charge in [-0.1, -0.05) is 0 Å². The number of thiocarbonyl (C=S) groups is 1. The smallest absolute Gasteiger partial charge is 0.163 e. The molecule has 14 heavy (non-hydrogen) atoms. The monoisotopic (exact) mass is 239 g/mol. The van der Waals surface area contributed by atoms with E-state index in [0.29, 0.717) is 5.11 Å². The Bertz CT molecular complexity index is 165. The first-order valence-corrected chi connectivity index (χ1v) is 5.03. The zero-order chi connectivity index (χ0) is 9.52. The molecule has 0 aromatic rings. The Hall–Kier alpha value is -0.100. The molecule has 0 aliphatic carbocycles. The average Bonchev–Trinajstić information content (AvgIpc) is 2.14. The molecule has 0 unspecified atom stereocenters. The lowest BCUT2D eigenvalue weighted by atomic mass is 10.3. The average molecular weight is 240 g/mol. The first-order valence-electron chi connectivity index (χ1n) is 4.62. The van der Waals surface area contributed by atoms with Crippen molar-refractivity contribution in [3.8, 4) is 0 Å². The van der Waals surface area contributed by atoms with E-state index in [1.54, 1.807) is 0 Å². The number of halogens is 1. The summed E-state index contributed by atoms with van der Waals surface area (Å²) in [6, 6.07) is 0. The fraction of sp³-hybridized carbons (Fsp3) is 0.875. The minimum Gasteiger partial charge on any atom is -0.379 e. The van der Waals surface area contributed by atoms with Crippen LogP contribution >= 0.6 is 24.6 Å². The zero-order valence-electron chi connectivity index (χ0n) is 8.20. The molecule has 4 nitrogen and oxygen atoms in total. The fourth-order valence-electron chi connectivity index (χ4n) is 1.34. The number of nitrogens with zero attached hydrogens (tertiary/aromatic N) is 1. The molecule has 0 spiro atoms. The van der Waals surface area contributed by atoms with Gasteiger partial charge in [0, 0.05) is 19.6 Å². The molecule has 1 saturated heterocycles. The van der Waals surface area contributed by atoms with E-state index in [1.807, 2.05) is 0 Å². The second-order valence-electron chi connectivity index (χ2n) is 3.10. The lowest BCUT2D eigenvalue weighted by molar-refractivity contribution is 0.0376. The third-order valence-corrected chi connectivity index (χ3v) is 2.20. The molecule has 1 fully saturated rings. The van der Waals surface area contributed by atoms with Crippen LogP contribution in [0.1, 0.15) is 6.42 Å². The predicted molar refractivity (Wildman–Crippen MR) is 63.9 cm³/mol.